The molecule has 21 heavy (non-hydrogen) atoms. The predicted molar refractivity (Wildman–Crippen MR) is 68.2 cm³/mol. The summed E-state index contributed by atoms with van der Waals surface area (Å²) in [5.41, 5.74) is 6.85. The highest BCUT2D eigenvalue weighted by Gasteiger charge is 2.35. The molecule has 104 valence electrons. The van der Waals surface area contributed by atoms with E-state index in [1.807, 2.05) is 0 Å². The standard InChI is InChI=1S/C13H6F3N5/c14-13(15,16)10-6-11(8-4-2-1-3-5-8)19-12(20-21-18)9(10)7-17/h1-6H. The molecule has 0 unspecified atom stereocenters. The molecule has 1 aromatic carbocycles. The van der Waals surface area contributed by atoms with Crippen LogP contribution < -0.4 is 0 Å². The molecule has 2 aromatic rings. The van der Waals surface area contributed by atoms with E-state index in [4.69, 9.17) is 10.8 Å². The van der Waals surface area contributed by atoms with Gasteiger partial charge in [-0.2, -0.15) is 18.4 Å². The zero-order valence-electron chi connectivity index (χ0n) is 10.3. The molecule has 0 fully saturated rings. The molecule has 1 aromatic heterocycles. The molecule has 2 rings (SSSR count). The van der Waals surface area contributed by atoms with Gasteiger partial charge in [-0.15, -0.1) is 0 Å². The van der Waals surface area contributed by atoms with Gasteiger partial charge in [0, 0.05) is 10.5 Å². The summed E-state index contributed by atoms with van der Waals surface area (Å²) >= 11 is 0. The SMILES string of the molecule is N#Cc1c(C(F)(F)F)cc(-c2ccccc2)nc1N=[N+]=[N-]. The van der Waals surface area contributed by atoms with Gasteiger partial charge in [0.05, 0.1) is 16.8 Å². The van der Waals surface area contributed by atoms with E-state index in [0.29, 0.717) is 5.56 Å². The van der Waals surface area contributed by atoms with Gasteiger partial charge in [0.25, 0.3) is 0 Å². The lowest BCUT2D eigenvalue weighted by molar-refractivity contribution is -0.137. The fraction of sp³-hybridized carbons (Fsp3) is 0.0769. The van der Waals surface area contributed by atoms with Crippen molar-refractivity contribution in [2.45, 2.75) is 6.18 Å². The lowest BCUT2D eigenvalue weighted by atomic mass is 10.0. The monoisotopic (exact) mass is 289 g/mol. The molecule has 0 aliphatic carbocycles. The van der Waals surface area contributed by atoms with Gasteiger partial charge in [0.15, 0.2) is 0 Å². The molecule has 5 nitrogen and oxygen atoms in total. The fourth-order valence-corrected chi connectivity index (χ4v) is 1.74. The number of aromatic nitrogens is 1. The van der Waals surface area contributed by atoms with Crippen molar-refractivity contribution >= 4 is 5.82 Å². The van der Waals surface area contributed by atoms with Gasteiger partial charge in [-0.05, 0) is 16.7 Å². The molecule has 0 N–H and O–H groups in total. The van der Waals surface area contributed by atoms with E-state index >= 15 is 0 Å². The summed E-state index contributed by atoms with van der Waals surface area (Å²) in [4.78, 5) is 6.25. The smallest absolute Gasteiger partial charge is 0.245 e. The summed E-state index contributed by atoms with van der Waals surface area (Å²) in [6.45, 7) is 0. The Morgan fingerprint density at radius 3 is 2.43 bits per heavy atom. The minimum atomic E-state index is -4.75. The summed E-state index contributed by atoms with van der Waals surface area (Å²) in [6.07, 6.45) is -4.75. The van der Waals surface area contributed by atoms with Crippen molar-refractivity contribution < 1.29 is 13.2 Å². The fourth-order valence-electron chi connectivity index (χ4n) is 1.74. The average molecular weight is 289 g/mol. The number of nitrogens with zero attached hydrogens (tertiary/aromatic N) is 5. The third-order valence-corrected chi connectivity index (χ3v) is 2.63. The molecule has 0 aliphatic rings. The second-order valence-corrected chi connectivity index (χ2v) is 3.92. The first-order valence-electron chi connectivity index (χ1n) is 5.60. The van der Waals surface area contributed by atoms with E-state index < -0.39 is 23.1 Å². The molecule has 0 amide bonds. The predicted octanol–water partition coefficient (Wildman–Crippen LogP) is 4.58. The summed E-state index contributed by atoms with van der Waals surface area (Å²) < 4.78 is 39.1. The maximum Gasteiger partial charge on any atom is 0.417 e. The summed E-state index contributed by atoms with van der Waals surface area (Å²) in [6, 6.07) is 10.3. The number of halogens is 3. The van der Waals surface area contributed by atoms with Crippen LogP contribution in [-0.2, 0) is 6.18 Å². The van der Waals surface area contributed by atoms with E-state index in [1.54, 1.807) is 30.3 Å². The van der Waals surface area contributed by atoms with Crippen LogP contribution in [0.15, 0.2) is 41.5 Å². The quantitative estimate of drug-likeness (QED) is 0.460. The van der Waals surface area contributed by atoms with Crippen molar-refractivity contribution in [1.82, 2.24) is 4.98 Å². The largest absolute Gasteiger partial charge is 0.417 e. The minimum Gasteiger partial charge on any atom is -0.245 e. The third-order valence-electron chi connectivity index (χ3n) is 2.63. The highest BCUT2D eigenvalue weighted by atomic mass is 19.4. The van der Waals surface area contributed by atoms with Crippen LogP contribution in [0.4, 0.5) is 19.0 Å². The molecule has 0 saturated heterocycles. The molecule has 0 radical (unpaired) electrons. The van der Waals surface area contributed by atoms with E-state index in [2.05, 4.69) is 15.0 Å². The normalized spacial score (nSPS) is 10.6. The molecule has 0 atom stereocenters. The molecule has 0 bridgehead atoms. The Hall–Kier alpha value is -3.04. The Bertz CT molecular complexity index is 756. The second-order valence-electron chi connectivity index (χ2n) is 3.92. The molecule has 0 saturated carbocycles. The Morgan fingerprint density at radius 2 is 1.90 bits per heavy atom. The number of hydrogen-bond donors (Lipinski definition) is 0. The Kier molecular flexibility index (Phi) is 3.78. The van der Waals surface area contributed by atoms with Gasteiger partial charge in [0.1, 0.15) is 11.9 Å². The van der Waals surface area contributed by atoms with Gasteiger partial charge in [-0.25, -0.2) is 4.98 Å². The zero-order chi connectivity index (χ0) is 15.5. The van der Waals surface area contributed by atoms with Crippen LogP contribution in [0.3, 0.4) is 0 Å². The van der Waals surface area contributed by atoms with E-state index in [0.717, 1.165) is 6.07 Å². The molecular weight excluding hydrogens is 283 g/mol. The number of azide groups is 1. The van der Waals surface area contributed by atoms with Crippen LogP contribution in [0, 0.1) is 11.3 Å². The number of rotatable bonds is 2. The van der Waals surface area contributed by atoms with Crippen molar-refractivity contribution in [3.05, 3.63) is 58.0 Å². The maximum atomic E-state index is 13.0. The summed E-state index contributed by atoms with van der Waals surface area (Å²) in [5.74, 6) is -0.589. The number of hydrogen-bond acceptors (Lipinski definition) is 3. The first-order valence-corrected chi connectivity index (χ1v) is 5.60. The van der Waals surface area contributed by atoms with E-state index in [9.17, 15) is 13.2 Å². The van der Waals surface area contributed by atoms with Crippen LogP contribution in [0.1, 0.15) is 11.1 Å². The number of benzene rings is 1. The van der Waals surface area contributed by atoms with Gasteiger partial charge >= 0.3 is 6.18 Å². The topological polar surface area (TPSA) is 85.4 Å². The van der Waals surface area contributed by atoms with Gasteiger partial charge in [0.2, 0.25) is 0 Å². The van der Waals surface area contributed by atoms with E-state index in [1.165, 1.54) is 6.07 Å². The number of alkyl halides is 3. The van der Waals surface area contributed by atoms with Crippen LogP contribution in [0.2, 0.25) is 0 Å². The van der Waals surface area contributed by atoms with Crippen molar-refractivity contribution in [2.24, 2.45) is 5.11 Å². The molecular formula is C13H6F3N5. The average Bonchev–Trinajstić information content (AvgIpc) is 2.47. The highest BCUT2D eigenvalue weighted by Crippen LogP contribution is 2.37. The summed E-state index contributed by atoms with van der Waals surface area (Å²) in [5, 5.41) is 12.0. The maximum absolute atomic E-state index is 13.0. The number of pyridine rings is 1. The van der Waals surface area contributed by atoms with Crippen LogP contribution in [0.25, 0.3) is 21.7 Å². The molecule has 0 aliphatic heterocycles. The second kappa shape index (κ2) is 5.53. The van der Waals surface area contributed by atoms with Crippen LogP contribution in [-0.4, -0.2) is 4.98 Å². The van der Waals surface area contributed by atoms with E-state index in [-0.39, 0.29) is 5.69 Å². The van der Waals surface area contributed by atoms with Crippen molar-refractivity contribution in [3.63, 3.8) is 0 Å². The van der Waals surface area contributed by atoms with Crippen molar-refractivity contribution in [1.29, 1.82) is 5.26 Å². The van der Waals surface area contributed by atoms with Gasteiger partial charge in [-0.1, -0.05) is 30.3 Å². The minimum absolute atomic E-state index is 0.0238. The molecule has 0 spiro atoms. The first kappa shape index (κ1) is 14.4. The van der Waals surface area contributed by atoms with Crippen molar-refractivity contribution in [3.8, 4) is 17.3 Å². The first-order chi connectivity index (χ1) is 9.97. The summed E-state index contributed by atoms with van der Waals surface area (Å²) in [7, 11) is 0. The van der Waals surface area contributed by atoms with Gasteiger partial charge in [-0.3, -0.25) is 0 Å². The van der Waals surface area contributed by atoms with Crippen molar-refractivity contribution in [2.75, 3.05) is 0 Å². The Balaban J connectivity index is 2.79. The van der Waals surface area contributed by atoms with Gasteiger partial charge < -0.3 is 0 Å². The molecule has 1 heterocycles. The lowest BCUT2D eigenvalue weighted by Gasteiger charge is -2.12. The Morgan fingerprint density at radius 1 is 1.24 bits per heavy atom. The molecule has 8 heteroatoms. The zero-order valence-corrected chi connectivity index (χ0v) is 10.3. The highest BCUT2D eigenvalue weighted by molar-refractivity contribution is 5.66. The van der Waals surface area contributed by atoms with Crippen LogP contribution >= 0.6 is 0 Å². The van der Waals surface area contributed by atoms with Crippen LogP contribution in [0.5, 0.6) is 0 Å². The lowest BCUT2D eigenvalue weighted by Crippen LogP contribution is -2.09. The number of nitriles is 1. The Labute approximate surface area is 116 Å². The third kappa shape index (κ3) is 2.94.